The molecule has 0 aromatic heterocycles. The lowest BCUT2D eigenvalue weighted by Crippen LogP contribution is -2.25. The molecule has 0 aromatic rings. The Kier molecular flexibility index (Phi) is 3.49. The lowest BCUT2D eigenvalue weighted by molar-refractivity contribution is 0.489. The van der Waals surface area contributed by atoms with Gasteiger partial charge in [0.1, 0.15) is 0 Å². The van der Waals surface area contributed by atoms with E-state index in [-0.39, 0.29) is 0 Å². The Hall–Kier alpha value is 0.240. The molecule has 1 heterocycles. The molecule has 0 amide bonds. The molecule has 0 aliphatic carbocycles. The van der Waals surface area contributed by atoms with Crippen LogP contribution in [0.1, 0.15) is 12.8 Å². The van der Waals surface area contributed by atoms with Crippen molar-refractivity contribution in [1.82, 2.24) is 4.90 Å². The van der Waals surface area contributed by atoms with Crippen molar-refractivity contribution < 1.29 is 0 Å². The van der Waals surface area contributed by atoms with Gasteiger partial charge >= 0.3 is 0 Å². The van der Waals surface area contributed by atoms with Gasteiger partial charge in [0.05, 0.1) is 4.99 Å². The summed E-state index contributed by atoms with van der Waals surface area (Å²) in [6.45, 7) is 2.35. The molecule has 1 fully saturated rings. The highest BCUT2D eigenvalue weighted by Crippen LogP contribution is 2.11. The molecule has 0 atom stereocenters. The predicted octanol–water partition coefficient (Wildman–Crippen LogP) is 1.77. The minimum absolute atomic E-state index is 1.14. The topological polar surface area (TPSA) is 3.24 Å². The summed E-state index contributed by atoms with van der Waals surface area (Å²) in [7, 11) is 0. The van der Waals surface area contributed by atoms with Crippen molar-refractivity contribution in [3.05, 3.63) is 0 Å². The van der Waals surface area contributed by atoms with Crippen molar-refractivity contribution in [3.8, 4) is 0 Å². The van der Waals surface area contributed by atoms with Gasteiger partial charge in [0.25, 0.3) is 0 Å². The number of likely N-dealkylation sites (tertiary alicyclic amines) is 1. The van der Waals surface area contributed by atoms with E-state index >= 15 is 0 Å². The largest absolute Gasteiger partial charge is 0.365 e. The molecule has 1 nitrogen and oxygen atoms in total. The van der Waals surface area contributed by atoms with Crippen molar-refractivity contribution in [1.29, 1.82) is 0 Å². The molecule has 0 saturated carbocycles. The highest BCUT2D eigenvalue weighted by atomic mass is 32.2. The summed E-state index contributed by atoms with van der Waals surface area (Å²) in [6, 6.07) is 0. The Labute approximate surface area is 72.2 Å². The van der Waals surface area contributed by atoms with Gasteiger partial charge in [-0.1, -0.05) is 12.2 Å². The smallest absolute Gasteiger partial charge is 0.0780 e. The van der Waals surface area contributed by atoms with Crippen LogP contribution in [0.5, 0.6) is 0 Å². The molecule has 1 rings (SSSR count). The maximum absolute atomic E-state index is 5.17. The molecular formula is C7H13NS2. The standard InChI is InChI=1S/C7H13NS2/c1-10-6-5-8-4-2-3-7(8)9/h2-6H2,1H3. The van der Waals surface area contributed by atoms with Gasteiger partial charge in [-0.2, -0.15) is 11.8 Å². The Bertz CT molecular complexity index is 125. The van der Waals surface area contributed by atoms with E-state index in [2.05, 4.69) is 11.2 Å². The Morgan fingerprint density at radius 2 is 2.50 bits per heavy atom. The second-order valence-corrected chi connectivity index (χ2v) is 3.93. The third-order valence-corrected chi connectivity index (χ3v) is 2.79. The number of rotatable bonds is 3. The highest BCUT2D eigenvalue weighted by Gasteiger charge is 2.14. The fraction of sp³-hybridized carbons (Fsp3) is 0.857. The number of thiocarbonyl (C=S) groups is 1. The van der Waals surface area contributed by atoms with Gasteiger partial charge < -0.3 is 4.90 Å². The fourth-order valence-electron chi connectivity index (χ4n) is 1.14. The van der Waals surface area contributed by atoms with E-state index < -0.39 is 0 Å². The normalized spacial score (nSPS) is 18.5. The minimum Gasteiger partial charge on any atom is -0.365 e. The molecule has 0 aromatic carbocycles. The molecule has 1 saturated heterocycles. The first kappa shape index (κ1) is 8.34. The first-order chi connectivity index (χ1) is 4.84. The maximum atomic E-state index is 5.17. The number of nitrogens with zero attached hydrogens (tertiary/aromatic N) is 1. The summed E-state index contributed by atoms with van der Waals surface area (Å²) in [6.07, 6.45) is 4.55. The third kappa shape index (κ3) is 2.13. The minimum atomic E-state index is 1.14. The molecule has 1 aliphatic heterocycles. The van der Waals surface area contributed by atoms with Crippen LogP contribution in [0.4, 0.5) is 0 Å². The summed E-state index contributed by atoms with van der Waals surface area (Å²) in [5.41, 5.74) is 0. The zero-order chi connectivity index (χ0) is 7.40. The Balaban J connectivity index is 2.20. The summed E-state index contributed by atoms with van der Waals surface area (Å²) in [5, 5.41) is 0. The molecule has 0 N–H and O–H groups in total. The first-order valence-corrected chi connectivity index (χ1v) is 5.41. The van der Waals surface area contributed by atoms with Crippen LogP contribution in [-0.2, 0) is 0 Å². The highest BCUT2D eigenvalue weighted by molar-refractivity contribution is 7.98. The number of thioether (sulfide) groups is 1. The molecule has 0 bridgehead atoms. The van der Waals surface area contributed by atoms with Gasteiger partial charge in [-0.25, -0.2) is 0 Å². The van der Waals surface area contributed by atoms with Crippen LogP contribution in [0.3, 0.4) is 0 Å². The van der Waals surface area contributed by atoms with Crippen LogP contribution < -0.4 is 0 Å². The van der Waals surface area contributed by atoms with Gasteiger partial charge in [0.2, 0.25) is 0 Å². The van der Waals surface area contributed by atoms with Crippen LogP contribution >= 0.6 is 24.0 Å². The second kappa shape index (κ2) is 4.19. The van der Waals surface area contributed by atoms with Crippen molar-refractivity contribution in [2.45, 2.75) is 12.8 Å². The quantitative estimate of drug-likeness (QED) is 0.602. The average molecular weight is 175 g/mol. The zero-order valence-corrected chi connectivity index (χ0v) is 7.93. The molecular weight excluding hydrogens is 162 g/mol. The van der Waals surface area contributed by atoms with E-state index in [1.807, 2.05) is 11.8 Å². The SMILES string of the molecule is CSCCN1CCCC1=S. The molecule has 0 spiro atoms. The molecule has 1 aliphatic rings. The molecule has 3 heteroatoms. The third-order valence-electron chi connectivity index (χ3n) is 1.74. The van der Waals surface area contributed by atoms with Gasteiger partial charge in [-0.05, 0) is 19.1 Å². The van der Waals surface area contributed by atoms with Crippen molar-refractivity contribution in [3.63, 3.8) is 0 Å². The van der Waals surface area contributed by atoms with E-state index in [4.69, 9.17) is 12.2 Å². The van der Waals surface area contributed by atoms with Crippen LogP contribution in [0.2, 0.25) is 0 Å². The molecule has 58 valence electrons. The predicted molar refractivity (Wildman–Crippen MR) is 51.8 cm³/mol. The maximum Gasteiger partial charge on any atom is 0.0780 e. The lowest BCUT2D eigenvalue weighted by Gasteiger charge is -2.16. The van der Waals surface area contributed by atoms with E-state index in [1.54, 1.807) is 0 Å². The first-order valence-electron chi connectivity index (χ1n) is 3.61. The summed E-state index contributed by atoms with van der Waals surface area (Å²) < 4.78 is 0. The summed E-state index contributed by atoms with van der Waals surface area (Å²) in [5.74, 6) is 1.21. The van der Waals surface area contributed by atoms with Crippen LogP contribution in [0.15, 0.2) is 0 Å². The number of hydrogen-bond donors (Lipinski definition) is 0. The van der Waals surface area contributed by atoms with E-state index in [0.717, 1.165) is 13.0 Å². The zero-order valence-electron chi connectivity index (χ0n) is 6.30. The summed E-state index contributed by atoms with van der Waals surface area (Å²) in [4.78, 5) is 3.50. The van der Waals surface area contributed by atoms with E-state index in [1.165, 1.54) is 23.7 Å². The van der Waals surface area contributed by atoms with E-state index in [9.17, 15) is 0 Å². The van der Waals surface area contributed by atoms with Gasteiger partial charge in [-0.3, -0.25) is 0 Å². The average Bonchev–Trinajstić information content (AvgIpc) is 2.31. The van der Waals surface area contributed by atoms with Gasteiger partial charge in [-0.15, -0.1) is 0 Å². The van der Waals surface area contributed by atoms with Crippen LogP contribution in [-0.4, -0.2) is 35.0 Å². The molecule has 0 radical (unpaired) electrons. The monoisotopic (exact) mass is 175 g/mol. The number of hydrogen-bond acceptors (Lipinski definition) is 2. The van der Waals surface area contributed by atoms with E-state index in [0.29, 0.717) is 0 Å². The lowest BCUT2D eigenvalue weighted by atomic mass is 10.4. The van der Waals surface area contributed by atoms with Crippen LogP contribution in [0.25, 0.3) is 0 Å². The second-order valence-electron chi connectivity index (χ2n) is 2.48. The Morgan fingerprint density at radius 3 is 3.00 bits per heavy atom. The van der Waals surface area contributed by atoms with Gasteiger partial charge in [0.15, 0.2) is 0 Å². The summed E-state index contributed by atoms with van der Waals surface area (Å²) >= 11 is 7.06. The van der Waals surface area contributed by atoms with Crippen LogP contribution in [0, 0.1) is 0 Å². The van der Waals surface area contributed by atoms with Crippen molar-refractivity contribution >= 4 is 29.0 Å². The Morgan fingerprint density at radius 1 is 1.70 bits per heavy atom. The fourth-order valence-corrected chi connectivity index (χ4v) is 1.87. The van der Waals surface area contributed by atoms with Crippen molar-refractivity contribution in [2.75, 3.05) is 25.1 Å². The molecule has 0 unspecified atom stereocenters. The van der Waals surface area contributed by atoms with Crippen molar-refractivity contribution in [2.24, 2.45) is 0 Å². The van der Waals surface area contributed by atoms with Gasteiger partial charge in [0, 0.05) is 18.8 Å². The molecule has 10 heavy (non-hydrogen) atoms.